The Morgan fingerprint density at radius 3 is 3.15 bits per heavy atom. The van der Waals surface area contributed by atoms with E-state index in [-0.39, 0.29) is 5.75 Å². The molecule has 4 nitrogen and oxygen atoms in total. The molecule has 0 radical (unpaired) electrons. The highest BCUT2D eigenvalue weighted by Gasteiger charge is 2.06. The fraction of sp³-hybridized carbons (Fsp3) is 0.111. The van der Waals surface area contributed by atoms with Crippen LogP contribution in [0.3, 0.4) is 0 Å². The fourth-order valence-electron chi connectivity index (χ4n) is 1.30. The Bertz CT molecular complexity index is 481. The number of H-pyrrole nitrogens is 1. The van der Waals surface area contributed by atoms with E-state index in [0.717, 1.165) is 5.56 Å². The highest BCUT2D eigenvalue weighted by molar-refractivity contribution is 5.84. The Hall–Kier alpha value is -2.02. The van der Waals surface area contributed by atoms with Crippen LogP contribution in [0.5, 0.6) is 5.75 Å². The molecule has 0 amide bonds. The van der Waals surface area contributed by atoms with Gasteiger partial charge in [-0.05, 0) is 11.6 Å². The fourth-order valence-corrected chi connectivity index (χ4v) is 1.30. The van der Waals surface area contributed by atoms with Crippen LogP contribution in [0.4, 0.5) is 0 Å². The van der Waals surface area contributed by atoms with Gasteiger partial charge in [0.25, 0.3) is 0 Å². The molecule has 2 N–H and O–H groups in total. The van der Waals surface area contributed by atoms with Gasteiger partial charge in [-0.15, -0.1) is 0 Å². The van der Waals surface area contributed by atoms with Gasteiger partial charge in [0.05, 0.1) is 24.3 Å². The number of benzene rings is 1. The Kier molecular flexibility index (Phi) is 1.64. The van der Waals surface area contributed by atoms with Crippen LogP contribution in [0.25, 0.3) is 11.0 Å². The van der Waals surface area contributed by atoms with Crippen molar-refractivity contribution >= 4 is 11.0 Å². The standard InChI is InChI=1S/C9H7N3O/c10-4-3-6-1-2-7(13)9-8(6)11-5-12-9/h1-2,5,13H,3H2,(H,11,12). The molecule has 0 bridgehead atoms. The second-order valence-corrected chi connectivity index (χ2v) is 2.70. The van der Waals surface area contributed by atoms with Crippen molar-refractivity contribution in [3.8, 4) is 11.8 Å². The Labute approximate surface area is 74.5 Å². The van der Waals surface area contributed by atoms with E-state index in [2.05, 4.69) is 9.97 Å². The molecule has 0 unspecified atom stereocenters. The highest BCUT2D eigenvalue weighted by atomic mass is 16.3. The van der Waals surface area contributed by atoms with Crippen molar-refractivity contribution < 1.29 is 5.11 Å². The maximum atomic E-state index is 9.40. The zero-order valence-electron chi connectivity index (χ0n) is 6.78. The summed E-state index contributed by atoms with van der Waals surface area (Å²) in [4.78, 5) is 6.85. The summed E-state index contributed by atoms with van der Waals surface area (Å²) in [5, 5.41) is 17.9. The van der Waals surface area contributed by atoms with Crippen LogP contribution in [0, 0.1) is 11.3 Å². The van der Waals surface area contributed by atoms with Crippen molar-refractivity contribution in [1.29, 1.82) is 5.26 Å². The van der Waals surface area contributed by atoms with Gasteiger partial charge in [-0.3, -0.25) is 0 Å². The molecule has 0 saturated heterocycles. The average molecular weight is 173 g/mol. The summed E-state index contributed by atoms with van der Waals surface area (Å²) in [7, 11) is 0. The average Bonchev–Trinajstić information content (AvgIpc) is 2.59. The predicted octanol–water partition coefficient (Wildman–Crippen LogP) is 1.33. The number of imidazole rings is 1. The summed E-state index contributed by atoms with van der Waals surface area (Å²) in [5.41, 5.74) is 2.09. The minimum atomic E-state index is 0.161. The van der Waals surface area contributed by atoms with Crippen LogP contribution >= 0.6 is 0 Å². The number of phenolic OH excluding ortho intramolecular Hbond substituents is 1. The number of nitriles is 1. The van der Waals surface area contributed by atoms with E-state index >= 15 is 0 Å². The van der Waals surface area contributed by atoms with Gasteiger partial charge in [0.15, 0.2) is 0 Å². The summed E-state index contributed by atoms with van der Waals surface area (Å²) in [6.07, 6.45) is 1.81. The van der Waals surface area contributed by atoms with Gasteiger partial charge in [-0.25, -0.2) is 4.98 Å². The maximum absolute atomic E-state index is 9.40. The van der Waals surface area contributed by atoms with E-state index in [4.69, 9.17) is 5.26 Å². The number of fused-ring (bicyclic) bond motifs is 1. The molecule has 0 aliphatic carbocycles. The molecule has 13 heavy (non-hydrogen) atoms. The molecule has 1 aromatic heterocycles. The molecule has 0 fully saturated rings. The van der Waals surface area contributed by atoms with E-state index in [9.17, 15) is 5.11 Å². The topological polar surface area (TPSA) is 72.7 Å². The van der Waals surface area contributed by atoms with Crippen LogP contribution < -0.4 is 0 Å². The highest BCUT2D eigenvalue weighted by Crippen LogP contribution is 2.24. The predicted molar refractivity (Wildman–Crippen MR) is 47.1 cm³/mol. The maximum Gasteiger partial charge on any atom is 0.141 e. The number of aromatic nitrogens is 2. The van der Waals surface area contributed by atoms with Crippen LogP contribution in [0.2, 0.25) is 0 Å². The molecule has 2 aromatic rings. The smallest absolute Gasteiger partial charge is 0.141 e. The van der Waals surface area contributed by atoms with Crippen molar-refractivity contribution in [2.45, 2.75) is 6.42 Å². The zero-order chi connectivity index (χ0) is 9.26. The SMILES string of the molecule is N#CCc1ccc(O)c2[nH]cnc12. The first kappa shape index (κ1) is 7.62. The van der Waals surface area contributed by atoms with E-state index < -0.39 is 0 Å². The molecular weight excluding hydrogens is 166 g/mol. The van der Waals surface area contributed by atoms with Gasteiger partial charge in [0.1, 0.15) is 11.3 Å². The number of hydrogen-bond acceptors (Lipinski definition) is 3. The van der Waals surface area contributed by atoms with E-state index in [1.807, 2.05) is 6.07 Å². The molecule has 0 aliphatic heterocycles. The van der Waals surface area contributed by atoms with E-state index in [1.54, 1.807) is 12.1 Å². The Morgan fingerprint density at radius 1 is 1.54 bits per heavy atom. The van der Waals surface area contributed by atoms with Crippen molar-refractivity contribution in [2.24, 2.45) is 0 Å². The normalized spacial score (nSPS) is 10.1. The number of rotatable bonds is 1. The van der Waals surface area contributed by atoms with Crippen LogP contribution in [0.1, 0.15) is 5.56 Å². The third kappa shape index (κ3) is 1.11. The van der Waals surface area contributed by atoms with Gasteiger partial charge in [0.2, 0.25) is 0 Å². The minimum absolute atomic E-state index is 0.161. The van der Waals surface area contributed by atoms with Crippen LogP contribution in [-0.4, -0.2) is 15.1 Å². The summed E-state index contributed by atoms with van der Waals surface area (Å²) >= 11 is 0. The summed E-state index contributed by atoms with van der Waals surface area (Å²) in [5.74, 6) is 0.161. The quantitative estimate of drug-likeness (QED) is 0.683. The lowest BCUT2D eigenvalue weighted by Gasteiger charge is -1.97. The number of aromatic hydroxyl groups is 1. The van der Waals surface area contributed by atoms with Crippen molar-refractivity contribution in [1.82, 2.24) is 9.97 Å². The monoisotopic (exact) mass is 173 g/mol. The number of aromatic amines is 1. The number of phenols is 1. The summed E-state index contributed by atoms with van der Waals surface area (Å²) < 4.78 is 0. The zero-order valence-corrected chi connectivity index (χ0v) is 6.78. The molecule has 1 aromatic carbocycles. The van der Waals surface area contributed by atoms with Crippen LogP contribution in [0.15, 0.2) is 18.5 Å². The largest absolute Gasteiger partial charge is 0.506 e. The lowest BCUT2D eigenvalue weighted by molar-refractivity contribution is 0.480. The van der Waals surface area contributed by atoms with E-state index in [1.165, 1.54) is 6.33 Å². The molecule has 1 heterocycles. The number of hydrogen-bond donors (Lipinski definition) is 2. The number of nitrogens with zero attached hydrogens (tertiary/aromatic N) is 2. The number of nitrogens with one attached hydrogen (secondary N) is 1. The molecule has 0 aliphatic rings. The van der Waals surface area contributed by atoms with Crippen LogP contribution in [-0.2, 0) is 6.42 Å². The first-order valence-electron chi connectivity index (χ1n) is 3.84. The summed E-state index contributed by atoms with van der Waals surface area (Å²) in [6, 6.07) is 5.32. The second-order valence-electron chi connectivity index (χ2n) is 2.70. The first-order valence-corrected chi connectivity index (χ1v) is 3.84. The van der Waals surface area contributed by atoms with Gasteiger partial charge < -0.3 is 10.1 Å². The third-order valence-electron chi connectivity index (χ3n) is 1.91. The Morgan fingerprint density at radius 2 is 2.38 bits per heavy atom. The molecular formula is C9H7N3O. The minimum Gasteiger partial charge on any atom is -0.506 e. The summed E-state index contributed by atoms with van der Waals surface area (Å²) in [6.45, 7) is 0. The first-order chi connectivity index (χ1) is 6.33. The van der Waals surface area contributed by atoms with E-state index in [0.29, 0.717) is 17.5 Å². The van der Waals surface area contributed by atoms with Crippen molar-refractivity contribution in [3.63, 3.8) is 0 Å². The van der Waals surface area contributed by atoms with Gasteiger partial charge >= 0.3 is 0 Å². The molecule has 4 heteroatoms. The molecule has 0 spiro atoms. The van der Waals surface area contributed by atoms with Crippen molar-refractivity contribution in [2.75, 3.05) is 0 Å². The second kappa shape index (κ2) is 2.79. The molecule has 2 rings (SSSR count). The van der Waals surface area contributed by atoms with Gasteiger partial charge in [0, 0.05) is 0 Å². The molecule has 0 saturated carbocycles. The lowest BCUT2D eigenvalue weighted by Crippen LogP contribution is -1.84. The van der Waals surface area contributed by atoms with Crippen molar-refractivity contribution in [3.05, 3.63) is 24.0 Å². The third-order valence-corrected chi connectivity index (χ3v) is 1.91. The Balaban J connectivity index is 2.72. The molecule has 0 atom stereocenters. The van der Waals surface area contributed by atoms with Gasteiger partial charge in [-0.2, -0.15) is 5.26 Å². The lowest BCUT2D eigenvalue weighted by atomic mass is 10.1. The molecule has 64 valence electrons. The van der Waals surface area contributed by atoms with Gasteiger partial charge in [-0.1, -0.05) is 6.07 Å².